The Balaban J connectivity index is 0.00000150. The number of esters is 3. The predicted molar refractivity (Wildman–Crippen MR) is 234 cm³/mol. The largest absolute Gasteiger partial charge is 0.456 e. The first-order chi connectivity index (χ1) is 30.3. The molecule has 0 aromatic heterocycles. The molecule has 1 aliphatic heterocycles. The van der Waals surface area contributed by atoms with E-state index in [2.05, 4.69) is 5.32 Å². The maximum atomic E-state index is 15.5. The standard InChI is InChI=1S/C45H57NO14.C4H8O/c1-24-28(57-39(51)33(48)32(26-17-13-11-14-18-26)46-40(52)60-41(3,4)5)22-45(53)37(58-38(50)27-19-15-12-16-20-27)35-43(8,36(49)34(55-10)31(24)42(45,6)7)29(54-9)21-30-44(35,23-56-30)59-25(2)47;1-3-4(2)5/h11-20,28-30,32-35,37,48,53H,21-23H2,1-10H3,(H,46,52);3H2,1-2H3/t28-,29-,30+,32-,33+,34+,35?,37-,43+,44-,45+;/m0./s1. The molecular formula is C49H65NO15. The van der Waals surface area contributed by atoms with Gasteiger partial charge in [0.15, 0.2) is 17.5 Å². The zero-order valence-corrected chi connectivity index (χ0v) is 39.4. The molecule has 0 radical (unpaired) electrons. The third kappa shape index (κ3) is 9.64. The molecule has 3 aliphatic carbocycles. The van der Waals surface area contributed by atoms with E-state index in [4.69, 9.17) is 33.2 Å². The van der Waals surface area contributed by atoms with Crippen LogP contribution < -0.4 is 5.32 Å². The van der Waals surface area contributed by atoms with Gasteiger partial charge in [0, 0.05) is 45.8 Å². The summed E-state index contributed by atoms with van der Waals surface area (Å²) in [5.41, 5.74) is -6.72. The Kier molecular flexibility index (Phi) is 15.3. The molecular weight excluding hydrogens is 843 g/mol. The minimum Gasteiger partial charge on any atom is -0.456 e. The van der Waals surface area contributed by atoms with E-state index in [0.717, 1.165) is 0 Å². The molecule has 6 rings (SSSR count). The third-order valence-electron chi connectivity index (χ3n) is 13.5. The molecule has 16 nitrogen and oxygen atoms in total. The highest BCUT2D eigenvalue weighted by Gasteiger charge is 2.78. The first-order valence-electron chi connectivity index (χ1n) is 21.9. The van der Waals surface area contributed by atoms with Gasteiger partial charge in [-0.3, -0.25) is 9.59 Å². The fraction of sp³-hybridized carbons (Fsp3) is 0.592. The molecule has 1 unspecified atom stereocenters. The number of hydrogen-bond acceptors (Lipinski definition) is 15. The minimum absolute atomic E-state index is 0.121. The third-order valence-corrected chi connectivity index (χ3v) is 13.5. The Labute approximate surface area is 380 Å². The highest BCUT2D eigenvalue weighted by atomic mass is 16.6. The van der Waals surface area contributed by atoms with E-state index in [1.807, 2.05) is 6.92 Å². The van der Waals surface area contributed by atoms with E-state index in [1.165, 1.54) is 21.1 Å². The number of aliphatic hydroxyl groups is 2. The number of amides is 1. The van der Waals surface area contributed by atoms with Crippen LogP contribution in [0.15, 0.2) is 71.8 Å². The summed E-state index contributed by atoms with van der Waals surface area (Å²) < 4.78 is 42.4. The van der Waals surface area contributed by atoms with Crippen LogP contribution in [0.25, 0.3) is 0 Å². The highest BCUT2D eigenvalue weighted by molar-refractivity contribution is 5.94. The van der Waals surface area contributed by atoms with Gasteiger partial charge in [0.1, 0.15) is 41.4 Å². The first kappa shape index (κ1) is 51.0. The van der Waals surface area contributed by atoms with Crippen molar-refractivity contribution in [1.82, 2.24) is 5.32 Å². The summed E-state index contributed by atoms with van der Waals surface area (Å²) in [6.45, 7) is 16.1. The van der Waals surface area contributed by atoms with E-state index in [9.17, 15) is 34.2 Å². The van der Waals surface area contributed by atoms with Crippen molar-refractivity contribution in [2.45, 2.75) is 148 Å². The molecule has 65 heavy (non-hydrogen) atoms. The van der Waals surface area contributed by atoms with Gasteiger partial charge in [0.05, 0.1) is 35.6 Å². The van der Waals surface area contributed by atoms with Gasteiger partial charge in [-0.05, 0) is 70.4 Å². The molecule has 356 valence electrons. The molecule has 11 atom stereocenters. The Morgan fingerprint density at radius 3 is 2.00 bits per heavy atom. The second kappa shape index (κ2) is 19.5. The summed E-state index contributed by atoms with van der Waals surface area (Å²) in [5, 5.41) is 28.0. The smallest absolute Gasteiger partial charge is 0.408 e. The van der Waals surface area contributed by atoms with Crippen LogP contribution >= 0.6 is 0 Å². The van der Waals surface area contributed by atoms with Crippen molar-refractivity contribution in [2.75, 3.05) is 20.8 Å². The normalized spacial score (nSPS) is 31.0. The number of rotatable bonds is 11. The average Bonchev–Trinajstić information content (AvgIpc) is 3.24. The van der Waals surface area contributed by atoms with E-state index in [-0.39, 0.29) is 29.9 Å². The highest BCUT2D eigenvalue weighted by Crippen LogP contribution is 2.64. The van der Waals surface area contributed by atoms with Crippen molar-refractivity contribution in [3.05, 3.63) is 82.9 Å². The second-order valence-corrected chi connectivity index (χ2v) is 19.1. The van der Waals surface area contributed by atoms with Crippen molar-refractivity contribution in [3.63, 3.8) is 0 Å². The van der Waals surface area contributed by atoms with Gasteiger partial charge in [-0.2, -0.15) is 0 Å². The zero-order chi connectivity index (χ0) is 48.4. The number of alkyl carbamates (subject to hydrolysis) is 1. The Bertz CT molecular complexity index is 2130. The predicted octanol–water partition coefficient (Wildman–Crippen LogP) is 5.55. The quantitative estimate of drug-likeness (QED) is 0.143. The molecule has 1 saturated heterocycles. The number of hydrogen-bond donors (Lipinski definition) is 3. The summed E-state index contributed by atoms with van der Waals surface area (Å²) >= 11 is 0. The second-order valence-electron chi connectivity index (χ2n) is 19.1. The number of ketones is 2. The summed E-state index contributed by atoms with van der Waals surface area (Å²) in [6, 6.07) is 15.1. The molecule has 2 aromatic carbocycles. The van der Waals surface area contributed by atoms with Crippen LogP contribution in [0.1, 0.15) is 110 Å². The van der Waals surface area contributed by atoms with Gasteiger partial charge in [-0.15, -0.1) is 0 Å². The van der Waals surface area contributed by atoms with Crippen LogP contribution in [0.2, 0.25) is 0 Å². The van der Waals surface area contributed by atoms with Crippen molar-refractivity contribution in [2.24, 2.45) is 16.7 Å². The van der Waals surface area contributed by atoms with Crippen LogP contribution in [0.5, 0.6) is 0 Å². The summed E-state index contributed by atoms with van der Waals surface area (Å²) in [4.78, 5) is 79.9. The number of benzene rings is 2. The molecule has 2 bridgehead atoms. The number of carbonyl (C=O) groups excluding carboxylic acids is 6. The summed E-state index contributed by atoms with van der Waals surface area (Å²) in [5.74, 6) is -4.27. The van der Waals surface area contributed by atoms with Gasteiger partial charge in [0.2, 0.25) is 0 Å². The Morgan fingerprint density at radius 1 is 0.923 bits per heavy atom. The lowest BCUT2D eigenvalue weighted by Crippen LogP contribution is -2.82. The molecule has 2 aromatic rings. The van der Waals surface area contributed by atoms with Gasteiger partial charge in [0.25, 0.3) is 0 Å². The van der Waals surface area contributed by atoms with E-state index < -0.39 is 112 Å². The zero-order valence-electron chi connectivity index (χ0n) is 39.4. The molecule has 1 heterocycles. The fourth-order valence-corrected chi connectivity index (χ4v) is 10.1. The lowest BCUT2D eigenvalue weighted by atomic mass is 9.44. The van der Waals surface area contributed by atoms with Crippen LogP contribution in [0.3, 0.4) is 0 Å². The number of Topliss-reactive ketones (excluding diaryl/α,β-unsaturated/α-hetero) is 2. The van der Waals surface area contributed by atoms with Crippen LogP contribution in [0.4, 0.5) is 4.79 Å². The molecule has 0 spiro atoms. The van der Waals surface area contributed by atoms with Crippen molar-refractivity contribution in [3.8, 4) is 0 Å². The molecule has 3 N–H and O–H groups in total. The average molecular weight is 908 g/mol. The molecule has 3 fully saturated rings. The van der Waals surface area contributed by atoms with Gasteiger partial charge < -0.3 is 53.5 Å². The maximum absolute atomic E-state index is 15.5. The van der Waals surface area contributed by atoms with Gasteiger partial charge >= 0.3 is 24.0 Å². The van der Waals surface area contributed by atoms with Crippen LogP contribution in [-0.4, -0.2) is 120 Å². The Morgan fingerprint density at radius 2 is 1.51 bits per heavy atom. The lowest BCUT2D eigenvalue weighted by molar-refractivity contribution is -0.347. The number of ether oxygens (including phenoxy) is 7. The fourth-order valence-electron chi connectivity index (χ4n) is 10.1. The molecule has 4 aliphatic rings. The monoisotopic (exact) mass is 907 g/mol. The van der Waals surface area contributed by atoms with Gasteiger partial charge in [-0.1, -0.05) is 69.3 Å². The summed E-state index contributed by atoms with van der Waals surface area (Å²) in [6.07, 6.45) is -8.65. The van der Waals surface area contributed by atoms with E-state index in [1.54, 1.807) is 116 Å². The van der Waals surface area contributed by atoms with E-state index in [0.29, 0.717) is 17.6 Å². The van der Waals surface area contributed by atoms with Crippen molar-refractivity contribution < 1.29 is 72.1 Å². The van der Waals surface area contributed by atoms with Crippen molar-refractivity contribution in [1.29, 1.82) is 0 Å². The van der Waals surface area contributed by atoms with Gasteiger partial charge in [-0.25, -0.2) is 14.4 Å². The first-order valence-corrected chi connectivity index (χ1v) is 21.9. The van der Waals surface area contributed by atoms with Crippen LogP contribution in [0, 0.1) is 16.7 Å². The molecule has 1 amide bonds. The van der Waals surface area contributed by atoms with Crippen molar-refractivity contribution >= 4 is 35.6 Å². The molecule has 16 heteroatoms. The SMILES string of the molecule is CCC(C)=O.CO[C@H]1C(=O)[C@@]2(C)C([C@H](OC(=O)c3ccccc3)[C@]3(O)C[C@H](OC(=O)[C@H](O)[C@@H](NC(=O)OC(C)(C)C)c4ccccc4)C(C)=C1C3(C)C)[C@]1(OC(C)=O)CO[C@@H]1C[C@@H]2OC. The molecule has 2 saturated carbocycles. The number of carbonyl (C=O) groups is 6. The maximum Gasteiger partial charge on any atom is 0.408 e. The number of methoxy groups -OCH3 is 2. The number of fused-ring (bicyclic) bond motifs is 5. The Hall–Kier alpha value is -5.00. The number of nitrogens with one attached hydrogen (secondary N) is 1. The van der Waals surface area contributed by atoms with Crippen LogP contribution in [-0.2, 0) is 52.3 Å². The minimum atomic E-state index is -2.22. The van der Waals surface area contributed by atoms with E-state index >= 15 is 4.79 Å². The lowest BCUT2D eigenvalue weighted by Gasteiger charge is -2.67. The number of aliphatic hydroxyl groups excluding tert-OH is 1. The summed E-state index contributed by atoms with van der Waals surface area (Å²) in [7, 11) is 2.78. The topological polar surface area (TPSA) is 220 Å².